The molecule has 0 aliphatic rings. The summed E-state index contributed by atoms with van der Waals surface area (Å²) in [6, 6.07) is 7.18. The lowest BCUT2D eigenvalue weighted by molar-refractivity contribution is 0.597. The predicted molar refractivity (Wildman–Crippen MR) is 107 cm³/mol. The number of benzene rings is 1. The maximum Gasteiger partial charge on any atom is 0.216 e. The first-order valence-corrected chi connectivity index (χ1v) is 15.4. The van der Waals surface area contributed by atoms with Crippen LogP contribution in [0.4, 0.5) is 0 Å². The van der Waals surface area contributed by atoms with Gasteiger partial charge >= 0.3 is 0 Å². The van der Waals surface area contributed by atoms with Crippen molar-refractivity contribution in [1.82, 2.24) is 0 Å². The van der Waals surface area contributed by atoms with E-state index < -0.39 is 27.7 Å². The molecule has 5 nitrogen and oxygen atoms in total. The fourth-order valence-corrected chi connectivity index (χ4v) is 5.98. The number of rotatable bonds is 4. The van der Waals surface area contributed by atoms with Gasteiger partial charge in [0.2, 0.25) is 9.84 Å². The molecule has 2 aromatic rings. The van der Waals surface area contributed by atoms with Crippen LogP contribution in [0.3, 0.4) is 0 Å². The average molecular weight is 428 g/mol. The van der Waals surface area contributed by atoms with Gasteiger partial charge in [-0.15, -0.1) is 16.9 Å². The summed E-state index contributed by atoms with van der Waals surface area (Å²) in [6.07, 6.45) is 1.05. The molecule has 1 heterocycles. The van der Waals surface area contributed by atoms with Crippen LogP contribution in [-0.4, -0.2) is 31.2 Å². The Morgan fingerprint density at radius 2 is 1.65 bits per heavy atom. The second kappa shape index (κ2) is 7.29. The molecule has 0 saturated heterocycles. The SMILES string of the molecule is C[Si](C)(C)C#Cc1cc(S(C)(=O)=O)cc(S(=O)(=O)c2ccc(CN)s2)c1. The van der Waals surface area contributed by atoms with Crippen molar-refractivity contribution < 1.29 is 16.8 Å². The summed E-state index contributed by atoms with van der Waals surface area (Å²) in [5, 5.41) is 0. The van der Waals surface area contributed by atoms with E-state index in [2.05, 4.69) is 31.1 Å². The van der Waals surface area contributed by atoms with Crippen LogP contribution < -0.4 is 5.73 Å². The number of hydrogen-bond donors (Lipinski definition) is 1. The van der Waals surface area contributed by atoms with Gasteiger partial charge in [-0.05, 0) is 30.3 Å². The summed E-state index contributed by atoms with van der Waals surface area (Å²) in [5.41, 5.74) is 9.07. The fourth-order valence-electron chi connectivity index (χ4n) is 2.00. The monoisotopic (exact) mass is 427 g/mol. The summed E-state index contributed by atoms with van der Waals surface area (Å²) in [5.74, 6) is 2.94. The van der Waals surface area contributed by atoms with Crippen LogP contribution in [0.1, 0.15) is 10.4 Å². The van der Waals surface area contributed by atoms with Crippen LogP contribution in [0.25, 0.3) is 0 Å². The predicted octanol–water partition coefficient (Wildman–Crippen LogP) is 2.67. The van der Waals surface area contributed by atoms with Gasteiger partial charge in [0.1, 0.15) is 12.3 Å². The Hall–Kier alpha value is -1.44. The third-order valence-electron chi connectivity index (χ3n) is 3.30. The van der Waals surface area contributed by atoms with E-state index in [1.54, 1.807) is 6.07 Å². The minimum Gasteiger partial charge on any atom is -0.326 e. The lowest BCUT2D eigenvalue weighted by atomic mass is 10.2. The van der Waals surface area contributed by atoms with E-state index in [4.69, 9.17) is 5.73 Å². The molecule has 0 amide bonds. The van der Waals surface area contributed by atoms with Gasteiger partial charge in [0, 0.05) is 23.2 Å². The summed E-state index contributed by atoms with van der Waals surface area (Å²) in [7, 11) is -9.13. The first-order valence-electron chi connectivity index (χ1n) is 7.75. The molecule has 0 bridgehead atoms. The first-order chi connectivity index (χ1) is 11.8. The summed E-state index contributed by atoms with van der Waals surface area (Å²) in [4.78, 5) is 0.598. The Bertz CT molecular complexity index is 1100. The van der Waals surface area contributed by atoms with Crippen LogP contribution in [0, 0.1) is 11.5 Å². The number of nitrogens with two attached hydrogens (primary N) is 1. The first kappa shape index (κ1) is 20.9. The summed E-state index contributed by atoms with van der Waals surface area (Å²) in [6.45, 7) is 6.41. The molecule has 2 N–H and O–H groups in total. The third kappa shape index (κ3) is 5.05. The zero-order valence-electron chi connectivity index (χ0n) is 15.0. The highest BCUT2D eigenvalue weighted by Gasteiger charge is 2.23. The van der Waals surface area contributed by atoms with Crippen molar-refractivity contribution in [3.05, 3.63) is 40.8 Å². The Morgan fingerprint density at radius 1 is 1.04 bits per heavy atom. The molecular formula is C17H21NO4S3Si. The molecule has 0 aliphatic carbocycles. The second-order valence-electron chi connectivity index (χ2n) is 6.89. The average Bonchev–Trinajstić information content (AvgIpc) is 3.01. The zero-order chi connectivity index (χ0) is 19.8. The van der Waals surface area contributed by atoms with Crippen LogP contribution in [0.15, 0.2) is 44.3 Å². The molecule has 26 heavy (non-hydrogen) atoms. The molecule has 0 fully saturated rings. The number of hydrogen-bond acceptors (Lipinski definition) is 6. The Morgan fingerprint density at radius 3 is 2.15 bits per heavy atom. The van der Waals surface area contributed by atoms with Gasteiger partial charge in [0.05, 0.1) is 9.79 Å². The number of thiophene rings is 1. The molecule has 2 rings (SSSR count). The molecule has 0 saturated carbocycles. The van der Waals surface area contributed by atoms with Crippen molar-refractivity contribution in [2.75, 3.05) is 6.26 Å². The van der Waals surface area contributed by atoms with Gasteiger partial charge in [0.25, 0.3) is 0 Å². The lowest BCUT2D eigenvalue weighted by Gasteiger charge is -2.07. The van der Waals surface area contributed by atoms with E-state index in [9.17, 15) is 16.8 Å². The zero-order valence-corrected chi connectivity index (χ0v) is 18.5. The van der Waals surface area contributed by atoms with Gasteiger partial charge in [-0.2, -0.15) is 0 Å². The molecule has 0 unspecified atom stereocenters. The van der Waals surface area contributed by atoms with E-state index in [1.165, 1.54) is 24.3 Å². The van der Waals surface area contributed by atoms with Gasteiger partial charge in [-0.1, -0.05) is 25.6 Å². The van der Waals surface area contributed by atoms with Crippen molar-refractivity contribution in [3.63, 3.8) is 0 Å². The Kier molecular flexibility index (Phi) is 5.85. The molecular weight excluding hydrogens is 406 g/mol. The van der Waals surface area contributed by atoms with Gasteiger partial charge in [-0.3, -0.25) is 0 Å². The molecule has 1 aromatic carbocycles. The molecule has 0 aliphatic heterocycles. The second-order valence-corrected chi connectivity index (χ2v) is 17.0. The van der Waals surface area contributed by atoms with E-state index in [0.29, 0.717) is 5.56 Å². The molecule has 0 atom stereocenters. The van der Waals surface area contributed by atoms with E-state index >= 15 is 0 Å². The van der Waals surface area contributed by atoms with Crippen molar-refractivity contribution in [3.8, 4) is 11.5 Å². The molecule has 0 spiro atoms. The number of sulfone groups is 2. The van der Waals surface area contributed by atoms with Crippen LogP contribution in [0.2, 0.25) is 19.6 Å². The minimum absolute atomic E-state index is 0.0611. The van der Waals surface area contributed by atoms with Crippen LogP contribution >= 0.6 is 11.3 Å². The van der Waals surface area contributed by atoms with Crippen LogP contribution in [-0.2, 0) is 26.2 Å². The maximum absolute atomic E-state index is 12.9. The summed E-state index contributed by atoms with van der Waals surface area (Å²) < 4.78 is 50.0. The van der Waals surface area contributed by atoms with Gasteiger partial charge in [-0.25, -0.2) is 16.8 Å². The lowest BCUT2D eigenvalue weighted by Crippen LogP contribution is -2.16. The molecule has 9 heteroatoms. The van der Waals surface area contributed by atoms with E-state index in [0.717, 1.165) is 22.5 Å². The normalized spacial score (nSPS) is 12.5. The fraction of sp³-hybridized carbons (Fsp3) is 0.294. The third-order valence-corrected chi connectivity index (χ3v) is 8.60. The molecule has 0 radical (unpaired) electrons. The van der Waals surface area contributed by atoms with E-state index in [1.807, 2.05) is 0 Å². The van der Waals surface area contributed by atoms with Gasteiger partial charge in [0.15, 0.2) is 9.84 Å². The van der Waals surface area contributed by atoms with Crippen molar-refractivity contribution in [1.29, 1.82) is 0 Å². The highest BCUT2D eigenvalue weighted by molar-refractivity contribution is 7.93. The minimum atomic E-state index is -3.85. The van der Waals surface area contributed by atoms with Gasteiger partial charge < -0.3 is 5.73 Å². The highest BCUT2D eigenvalue weighted by Crippen LogP contribution is 2.29. The van der Waals surface area contributed by atoms with Crippen molar-refractivity contribution >= 4 is 39.1 Å². The molecule has 140 valence electrons. The topological polar surface area (TPSA) is 94.3 Å². The van der Waals surface area contributed by atoms with Crippen molar-refractivity contribution in [2.45, 2.75) is 40.2 Å². The standard InChI is InChI=1S/C17H21NO4S3Si/c1-24(19,20)15-9-13(7-8-26(2,3)4)10-16(11-15)25(21,22)17-6-5-14(12-18)23-17/h5-6,9-11H,12,18H2,1-4H3. The smallest absolute Gasteiger partial charge is 0.216 e. The quantitative estimate of drug-likeness (QED) is 0.598. The van der Waals surface area contributed by atoms with Crippen molar-refractivity contribution in [2.24, 2.45) is 5.73 Å². The Labute approximate surface area is 160 Å². The van der Waals surface area contributed by atoms with E-state index in [-0.39, 0.29) is 20.5 Å². The Balaban J connectivity index is 2.69. The maximum atomic E-state index is 12.9. The summed E-state index contributed by atoms with van der Waals surface area (Å²) >= 11 is 1.08. The largest absolute Gasteiger partial charge is 0.326 e. The molecule has 1 aromatic heterocycles. The van der Waals surface area contributed by atoms with Crippen LogP contribution in [0.5, 0.6) is 0 Å². The highest BCUT2D eigenvalue weighted by atomic mass is 32.2.